The van der Waals surface area contributed by atoms with Crippen LogP contribution in [0.3, 0.4) is 0 Å². The van der Waals surface area contributed by atoms with Gasteiger partial charge in [0.05, 0.1) is 0 Å². The molecule has 1 saturated carbocycles. The minimum Gasteiger partial charge on any atom is -0.312 e. The first-order valence-corrected chi connectivity index (χ1v) is 7.23. The summed E-state index contributed by atoms with van der Waals surface area (Å²) in [6, 6.07) is 7.26. The quantitative estimate of drug-likeness (QED) is 0.841. The van der Waals surface area contributed by atoms with Crippen molar-refractivity contribution in [3.8, 4) is 0 Å². The highest BCUT2D eigenvalue weighted by molar-refractivity contribution is 9.10. The molecule has 1 aromatic carbocycles. The minimum atomic E-state index is 0.468. The van der Waals surface area contributed by atoms with Crippen molar-refractivity contribution in [1.82, 2.24) is 10.6 Å². The molecule has 0 saturated heterocycles. The van der Waals surface area contributed by atoms with Gasteiger partial charge in [-0.2, -0.15) is 0 Å². The first-order chi connectivity index (χ1) is 8.15. The number of hydrogen-bond donors (Lipinski definition) is 2. The molecule has 1 unspecified atom stereocenters. The molecule has 2 nitrogen and oxygen atoms in total. The first-order valence-electron chi connectivity index (χ1n) is 6.06. The third kappa shape index (κ3) is 4.59. The van der Waals surface area contributed by atoms with Gasteiger partial charge in [0.25, 0.3) is 0 Å². The van der Waals surface area contributed by atoms with Crippen molar-refractivity contribution in [1.29, 1.82) is 0 Å². The van der Waals surface area contributed by atoms with Crippen molar-refractivity contribution in [2.45, 2.75) is 38.4 Å². The molecule has 0 spiro atoms. The zero-order chi connectivity index (χ0) is 12.3. The normalized spacial score (nSPS) is 17.1. The van der Waals surface area contributed by atoms with E-state index in [-0.39, 0.29) is 0 Å². The fourth-order valence-corrected chi connectivity index (χ4v) is 2.39. The van der Waals surface area contributed by atoms with Gasteiger partial charge in [0.2, 0.25) is 0 Å². The summed E-state index contributed by atoms with van der Waals surface area (Å²) in [6.07, 6.45) is 2.68. The van der Waals surface area contributed by atoms with Crippen molar-refractivity contribution >= 4 is 27.5 Å². The van der Waals surface area contributed by atoms with Crippen LogP contribution >= 0.6 is 27.5 Å². The largest absolute Gasteiger partial charge is 0.312 e. The molecule has 94 valence electrons. The van der Waals surface area contributed by atoms with Crippen LogP contribution in [0.4, 0.5) is 0 Å². The van der Waals surface area contributed by atoms with Crippen LogP contribution in [-0.2, 0) is 6.54 Å². The van der Waals surface area contributed by atoms with Crippen LogP contribution in [0, 0.1) is 0 Å². The Hall–Kier alpha value is -0.0900. The standard InChI is InChI=1S/C13H18BrClN2/c1-9(7-17-12-4-5-12)16-8-10-2-3-11(14)6-13(10)15/h2-3,6,9,12,16-17H,4-5,7-8H2,1H3. The summed E-state index contributed by atoms with van der Waals surface area (Å²) in [7, 11) is 0. The number of benzene rings is 1. The van der Waals surface area contributed by atoms with E-state index in [1.807, 2.05) is 12.1 Å². The molecule has 1 fully saturated rings. The van der Waals surface area contributed by atoms with E-state index in [1.165, 1.54) is 12.8 Å². The van der Waals surface area contributed by atoms with Gasteiger partial charge in [-0.1, -0.05) is 33.6 Å². The second-order valence-corrected chi connectivity index (χ2v) is 6.02. The average molecular weight is 318 g/mol. The van der Waals surface area contributed by atoms with Crippen LogP contribution in [0.15, 0.2) is 22.7 Å². The highest BCUT2D eigenvalue weighted by Gasteiger charge is 2.20. The third-order valence-corrected chi connectivity index (χ3v) is 3.79. The van der Waals surface area contributed by atoms with Gasteiger partial charge < -0.3 is 10.6 Å². The summed E-state index contributed by atoms with van der Waals surface area (Å²) in [5.74, 6) is 0. The predicted molar refractivity (Wildman–Crippen MR) is 76.5 cm³/mol. The van der Waals surface area contributed by atoms with E-state index in [1.54, 1.807) is 0 Å². The second kappa shape index (κ2) is 6.19. The van der Waals surface area contributed by atoms with Crippen LogP contribution in [0.1, 0.15) is 25.3 Å². The molecule has 1 atom stereocenters. The molecule has 0 heterocycles. The lowest BCUT2D eigenvalue weighted by atomic mass is 10.2. The zero-order valence-electron chi connectivity index (χ0n) is 9.97. The fraction of sp³-hybridized carbons (Fsp3) is 0.538. The van der Waals surface area contributed by atoms with E-state index in [4.69, 9.17) is 11.6 Å². The summed E-state index contributed by atoms with van der Waals surface area (Å²) in [5.41, 5.74) is 1.15. The van der Waals surface area contributed by atoms with Crippen molar-refractivity contribution in [3.05, 3.63) is 33.3 Å². The number of hydrogen-bond acceptors (Lipinski definition) is 2. The SMILES string of the molecule is CC(CNC1CC1)NCc1ccc(Br)cc1Cl. The Morgan fingerprint density at radius 2 is 2.24 bits per heavy atom. The van der Waals surface area contributed by atoms with Crippen molar-refractivity contribution < 1.29 is 0 Å². The molecule has 17 heavy (non-hydrogen) atoms. The average Bonchev–Trinajstić information content (AvgIpc) is 3.09. The summed E-state index contributed by atoms with van der Waals surface area (Å²) in [5, 5.41) is 7.81. The highest BCUT2D eigenvalue weighted by atomic mass is 79.9. The molecule has 2 rings (SSSR count). The molecule has 0 aliphatic heterocycles. The maximum Gasteiger partial charge on any atom is 0.0462 e. The Morgan fingerprint density at radius 1 is 1.47 bits per heavy atom. The Kier molecular flexibility index (Phi) is 4.86. The monoisotopic (exact) mass is 316 g/mol. The molecule has 0 radical (unpaired) electrons. The fourth-order valence-electron chi connectivity index (χ4n) is 1.65. The number of nitrogens with one attached hydrogen (secondary N) is 2. The summed E-state index contributed by atoms with van der Waals surface area (Å²) < 4.78 is 1.02. The van der Waals surface area contributed by atoms with E-state index in [9.17, 15) is 0 Å². The first kappa shape index (κ1) is 13.3. The highest BCUT2D eigenvalue weighted by Crippen LogP contribution is 2.21. The van der Waals surface area contributed by atoms with Gasteiger partial charge in [-0.15, -0.1) is 0 Å². The number of halogens is 2. The number of rotatable bonds is 6. The molecular formula is C13H18BrClN2. The lowest BCUT2D eigenvalue weighted by molar-refractivity contribution is 0.500. The maximum atomic E-state index is 6.16. The Bertz CT molecular complexity index is 380. The van der Waals surface area contributed by atoms with Crippen LogP contribution in [-0.4, -0.2) is 18.6 Å². The molecular weight excluding hydrogens is 300 g/mol. The van der Waals surface area contributed by atoms with Crippen molar-refractivity contribution in [3.63, 3.8) is 0 Å². The lowest BCUT2D eigenvalue weighted by Gasteiger charge is -2.15. The Morgan fingerprint density at radius 3 is 2.88 bits per heavy atom. The molecule has 2 N–H and O–H groups in total. The van der Waals surface area contributed by atoms with Crippen molar-refractivity contribution in [2.75, 3.05) is 6.54 Å². The van der Waals surface area contributed by atoms with Gasteiger partial charge in [0.1, 0.15) is 0 Å². The second-order valence-electron chi connectivity index (χ2n) is 4.70. The van der Waals surface area contributed by atoms with Gasteiger partial charge in [-0.3, -0.25) is 0 Å². The van der Waals surface area contributed by atoms with Crippen LogP contribution in [0.2, 0.25) is 5.02 Å². The van der Waals surface area contributed by atoms with Crippen LogP contribution in [0.25, 0.3) is 0 Å². The molecule has 1 aromatic rings. The Balaban J connectivity index is 1.75. The molecule has 0 bridgehead atoms. The van der Waals surface area contributed by atoms with Crippen LogP contribution < -0.4 is 10.6 Å². The van der Waals surface area contributed by atoms with Gasteiger partial charge >= 0.3 is 0 Å². The van der Waals surface area contributed by atoms with E-state index < -0.39 is 0 Å². The minimum absolute atomic E-state index is 0.468. The molecule has 4 heteroatoms. The van der Waals surface area contributed by atoms with Gasteiger partial charge in [-0.05, 0) is 37.5 Å². The van der Waals surface area contributed by atoms with E-state index in [0.29, 0.717) is 6.04 Å². The molecule has 0 aromatic heterocycles. The molecule has 1 aliphatic carbocycles. The zero-order valence-corrected chi connectivity index (χ0v) is 12.3. The van der Waals surface area contributed by atoms with Gasteiger partial charge in [-0.25, -0.2) is 0 Å². The maximum absolute atomic E-state index is 6.16. The van der Waals surface area contributed by atoms with E-state index >= 15 is 0 Å². The van der Waals surface area contributed by atoms with Crippen molar-refractivity contribution in [2.24, 2.45) is 0 Å². The lowest BCUT2D eigenvalue weighted by Crippen LogP contribution is -2.36. The molecule has 1 aliphatic rings. The van der Waals surface area contributed by atoms with E-state index in [2.05, 4.69) is 39.6 Å². The van der Waals surface area contributed by atoms with Gasteiger partial charge in [0, 0.05) is 34.7 Å². The topological polar surface area (TPSA) is 24.1 Å². The summed E-state index contributed by atoms with van der Waals surface area (Å²) >= 11 is 9.57. The van der Waals surface area contributed by atoms with E-state index in [0.717, 1.165) is 34.2 Å². The predicted octanol–water partition coefficient (Wildman–Crippen LogP) is 3.33. The molecule has 0 amide bonds. The Labute approximate surface area is 116 Å². The van der Waals surface area contributed by atoms with Crippen LogP contribution in [0.5, 0.6) is 0 Å². The summed E-state index contributed by atoms with van der Waals surface area (Å²) in [4.78, 5) is 0. The smallest absolute Gasteiger partial charge is 0.0462 e. The van der Waals surface area contributed by atoms with Gasteiger partial charge in [0.15, 0.2) is 0 Å². The summed E-state index contributed by atoms with van der Waals surface area (Å²) in [6.45, 7) is 4.04. The third-order valence-electron chi connectivity index (χ3n) is 2.95.